The first-order valence-electron chi connectivity index (χ1n) is 5.35. The molecule has 0 aliphatic carbocycles. The van der Waals surface area contributed by atoms with Crippen molar-refractivity contribution < 1.29 is 14.6 Å². The maximum atomic E-state index is 11.8. The van der Waals surface area contributed by atoms with Gasteiger partial charge in [0.15, 0.2) is 0 Å². The van der Waals surface area contributed by atoms with Crippen LogP contribution in [0.1, 0.15) is 36.7 Å². The summed E-state index contributed by atoms with van der Waals surface area (Å²) in [6.07, 6.45) is 0. The molecule has 0 saturated carbocycles. The predicted octanol–water partition coefficient (Wildman–Crippen LogP) is 1.99. The molecule has 0 unspecified atom stereocenters. The van der Waals surface area contributed by atoms with Crippen LogP contribution >= 0.6 is 0 Å². The Morgan fingerprint density at radius 1 is 1.41 bits per heavy atom. The van der Waals surface area contributed by atoms with Gasteiger partial charge in [0, 0.05) is 5.56 Å². The zero-order chi connectivity index (χ0) is 12.9. The van der Waals surface area contributed by atoms with E-state index in [9.17, 15) is 4.79 Å². The van der Waals surface area contributed by atoms with E-state index in [2.05, 4.69) is 11.8 Å². The third-order valence-corrected chi connectivity index (χ3v) is 1.81. The summed E-state index contributed by atoms with van der Waals surface area (Å²) < 4.78 is 5.25. The van der Waals surface area contributed by atoms with Gasteiger partial charge in [-0.2, -0.15) is 0 Å². The first-order valence-corrected chi connectivity index (χ1v) is 5.35. The van der Waals surface area contributed by atoms with Crippen LogP contribution in [0.15, 0.2) is 24.3 Å². The molecular formula is C14H16O3. The Morgan fingerprint density at radius 2 is 2.12 bits per heavy atom. The second kappa shape index (κ2) is 5.51. The number of carbonyl (C=O) groups excluding carboxylic acids is 1. The molecular weight excluding hydrogens is 216 g/mol. The smallest absolute Gasteiger partial charge is 0.338 e. The Labute approximate surface area is 101 Å². The number of aliphatic hydroxyl groups excluding tert-OH is 1. The molecule has 1 aromatic rings. The van der Waals surface area contributed by atoms with Gasteiger partial charge < -0.3 is 9.84 Å². The molecule has 3 nitrogen and oxygen atoms in total. The highest BCUT2D eigenvalue weighted by atomic mass is 16.6. The molecule has 0 aliphatic rings. The van der Waals surface area contributed by atoms with Crippen LogP contribution in [0.5, 0.6) is 0 Å². The number of benzene rings is 1. The van der Waals surface area contributed by atoms with Crippen LogP contribution in [0.3, 0.4) is 0 Å². The average Bonchev–Trinajstić information content (AvgIpc) is 2.24. The van der Waals surface area contributed by atoms with Crippen LogP contribution in [0.4, 0.5) is 0 Å². The van der Waals surface area contributed by atoms with E-state index in [0.717, 1.165) is 0 Å². The number of rotatable bonds is 1. The zero-order valence-electron chi connectivity index (χ0n) is 10.3. The van der Waals surface area contributed by atoms with Gasteiger partial charge in [-0.3, -0.25) is 0 Å². The van der Waals surface area contributed by atoms with Gasteiger partial charge in [-0.1, -0.05) is 17.9 Å². The SMILES string of the molecule is CC(C)(C)OC(=O)c1cccc(C#CCO)c1. The first-order chi connectivity index (χ1) is 7.92. The Bertz CT molecular complexity index is 458. The van der Waals surface area contributed by atoms with Gasteiger partial charge in [0.05, 0.1) is 5.56 Å². The van der Waals surface area contributed by atoms with Gasteiger partial charge in [0.25, 0.3) is 0 Å². The molecule has 0 radical (unpaired) electrons. The summed E-state index contributed by atoms with van der Waals surface area (Å²) in [4.78, 5) is 11.8. The van der Waals surface area contributed by atoms with Crippen molar-refractivity contribution in [3.8, 4) is 11.8 Å². The minimum absolute atomic E-state index is 0.198. The fraction of sp³-hybridized carbons (Fsp3) is 0.357. The van der Waals surface area contributed by atoms with Crippen molar-refractivity contribution in [2.24, 2.45) is 0 Å². The summed E-state index contributed by atoms with van der Waals surface area (Å²) >= 11 is 0. The van der Waals surface area contributed by atoms with Crippen LogP contribution in [-0.2, 0) is 4.74 Å². The molecule has 0 aromatic heterocycles. The summed E-state index contributed by atoms with van der Waals surface area (Å²) in [6.45, 7) is 5.26. The first kappa shape index (κ1) is 13.3. The fourth-order valence-corrected chi connectivity index (χ4v) is 1.20. The van der Waals surface area contributed by atoms with Gasteiger partial charge in [-0.25, -0.2) is 4.79 Å². The topological polar surface area (TPSA) is 46.5 Å². The molecule has 3 heteroatoms. The summed E-state index contributed by atoms with van der Waals surface area (Å²) in [6, 6.07) is 6.84. The van der Waals surface area contributed by atoms with E-state index in [1.807, 2.05) is 20.8 Å². The van der Waals surface area contributed by atoms with Crippen molar-refractivity contribution in [3.05, 3.63) is 35.4 Å². The van der Waals surface area contributed by atoms with Gasteiger partial charge in [-0.15, -0.1) is 0 Å². The molecule has 0 atom stereocenters. The Kier molecular flexibility index (Phi) is 4.30. The van der Waals surface area contributed by atoms with Gasteiger partial charge in [0.1, 0.15) is 12.2 Å². The van der Waals surface area contributed by atoms with Crippen LogP contribution in [0, 0.1) is 11.8 Å². The average molecular weight is 232 g/mol. The van der Waals surface area contributed by atoms with Crippen molar-refractivity contribution in [1.29, 1.82) is 0 Å². The molecule has 1 aromatic carbocycles. The maximum Gasteiger partial charge on any atom is 0.338 e. The van der Waals surface area contributed by atoms with Gasteiger partial charge in [0.2, 0.25) is 0 Å². The molecule has 0 heterocycles. The number of carbonyl (C=O) groups is 1. The third-order valence-electron chi connectivity index (χ3n) is 1.81. The summed E-state index contributed by atoms with van der Waals surface area (Å²) in [7, 11) is 0. The number of ether oxygens (including phenoxy) is 1. The number of aliphatic hydroxyl groups is 1. The zero-order valence-corrected chi connectivity index (χ0v) is 10.3. The summed E-state index contributed by atoms with van der Waals surface area (Å²) in [5.41, 5.74) is 0.635. The van der Waals surface area contributed by atoms with Crippen molar-refractivity contribution >= 4 is 5.97 Å². The van der Waals surface area contributed by atoms with Crippen LogP contribution in [0.25, 0.3) is 0 Å². The largest absolute Gasteiger partial charge is 0.456 e. The maximum absolute atomic E-state index is 11.8. The fourth-order valence-electron chi connectivity index (χ4n) is 1.20. The highest BCUT2D eigenvalue weighted by Crippen LogP contribution is 2.12. The molecule has 0 aliphatic heterocycles. The van der Waals surface area contributed by atoms with Gasteiger partial charge >= 0.3 is 5.97 Å². The van der Waals surface area contributed by atoms with Crippen LogP contribution < -0.4 is 0 Å². The lowest BCUT2D eigenvalue weighted by Crippen LogP contribution is -2.23. The minimum Gasteiger partial charge on any atom is -0.456 e. The highest BCUT2D eigenvalue weighted by molar-refractivity contribution is 5.90. The Hall–Kier alpha value is -1.79. The lowest BCUT2D eigenvalue weighted by molar-refractivity contribution is 0.00695. The van der Waals surface area contributed by atoms with Crippen LogP contribution in [-0.4, -0.2) is 23.3 Å². The molecule has 0 amide bonds. The van der Waals surface area contributed by atoms with Gasteiger partial charge in [-0.05, 0) is 39.0 Å². The molecule has 0 bridgehead atoms. The molecule has 90 valence electrons. The van der Waals surface area contributed by atoms with E-state index in [1.54, 1.807) is 24.3 Å². The van der Waals surface area contributed by atoms with E-state index in [1.165, 1.54) is 0 Å². The van der Waals surface area contributed by atoms with Crippen molar-refractivity contribution in [2.75, 3.05) is 6.61 Å². The lowest BCUT2D eigenvalue weighted by Gasteiger charge is -2.19. The van der Waals surface area contributed by atoms with Crippen molar-refractivity contribution in [3.63, 3.8) is 0 Å². The number of hydrogen-bond acceptors (Lipinski definition) is 3. The number of esters is 1. The Balaban J connectivity index is 2.88. The van der Waals surface area contributed by atoms with E-state index in [-0.39, 0.29) is 12.6 Å². The second-order valence-corrected chi connectivity index (χ2v) is 4.54. The molecule has 1 rings (SSSR count). The van der Waals surface area contributed by atoms with Crippen molar-refractivity contribution in [1.82, 2.24) is 0 Å². The molecule has 0 saturated heterocycles. The normalized spacial score (nSPS) is 10.4. The molecule has 17 heavy (non-hydrogen) atoms. The van der Waals surface area contributed by atoms with Crippen LogP contribution in [0.2, 0.25) is 0 Å². The third kappa shape index (κ3) is 4.71. The number of hydrogen-bond donors (Lipinski definition) is 1. The molecule has 0 fully saturated rings. The van der Waals surface area contributed by atoms with E-state index < -0.39 is 5.60 Å². The predicted molar refractivity (Wildman–Crippen MR) is 65.6 cm³/mol. The van der Waals surface area contributed by atoms with E-state index >= 15 is 0 Å². The monoisotopic (exact) mass is 232 g/mol. The minimum atomic E-state index is -0.510. The summed E-state index contributed by atoms with van der Waals surface area (Å²) in [5, 5.41) is 8.59. The lowest BCUT2D eigenvalue weighted by atomic mass is 10.1. The Morgan fingerprint density at radius 3 is 2.71 bits per heavy atom. The highest BCUT2D eigenvalue weighted by Gasteiger charge is 2.17. The standard InChI is InChI=1S/C14H16O3/c1-14(2,3)17-13(16)12-8-4-6-11(10-12)7-5-9-15/h4,6,8,10,15H,9H2,1-3H3. The molecule has 1 N–H and O–H groups in total. The summed E-state index contributed by atoms with van der Waals surface area (Å²) in [5.74, 6) is 4.91. The van der Waals surface area contributed by atoms with E-state index in [0.29, 0.717) is 11.1 Å². The molecule has 0 spiro atoms. The second-order valence-electron chi connectivity index (χ2n) is 4.54. The quantitative estimate of drug-likeness (QED) is 0.595. The van der Waals surface area contributed by atoms with Crippen molar-refractivity contribution in [2.45, 2.75) is 26.4 Å². The van der Waals surface area contributed by atoms with E-state index in [4.69, 9.17) is 9.84 Å².